The molecule has 0 rings (SSSR count). The van der Waals surface area contributed by atoms with Gasteiger partial charge in [-0.1, -0.05) is 0 Å². The molecule has 3 atom stereocenters. The molecule has 0 radical (unpaired) electrons. The molecule has 6 N–H and O–H groups in total. The van der Waals surface area contributed by atoms with Crippen LogP contribution in [-0.2, 0) is 14.4 Å². The number of carbonyl (C=O) groups is 1. The van der Waals surface area contributed by atoms with Crippen molar-refractivity contribution in [2.75, 3.05) is 13.2 Å². The quantitative estimate of drug-likeness (QED) is 0.158. The number of guanidine groups is 1. The number of aliphatic hydroxyl groups excluding tert-OH is 2. The van der Waals surface area contributed by atoms with Crippen LogP contribution in [0.2, 0.25) is 0 Å². The minimum absolute atomic E-state index is 0.233. The first-order valence-electron chi connectivity index (χ1n) is 4.67. The summed E-state index contributed by atoms with van der Waals surface area (Å²) in [6, 6.07) is 0. The van der Waals surface area contributed by atoms with Crippen molar-refractivity contribution in [3.8, 4) is 0 Å². The SMILES string of the molecule is CCO[C@H]([C@H](O)CO)[C@H](C=O)ON=C(N)N. The highest BCUT2D eigenvalue weighted by atomic mass is 16.7. The molecule has 0 heterocycles. The van der Waals surface area contributed by atoms with Crippen molar-refractivity contribution in [1.29, 1.82) is 0 Å². The van der Waals surface area contributed by atoms with Crippen LogP contribution >= 0.6 is 0 Å². The van der Waals surface area contributed by atoms with Gasteiger partial charge in [0.05, 0.1) is 6.61 Å². The Hall–Kier alpha value is -1.38. The van der Waals surface area contributed by atoms with Gasteiger partial charge in [-0.3, -0.25) is 4.79 Å². The molecule has 0 saturated carbocycles. The van der Waals surface area contributed by atoms with Crippen LogP contribution in [-0.4, -0.2) is 54.0 Å². The zero-order valence-corrected chi connectivity index (χ0v) is 8.94. The van der Waals surface area contributed by atoms with Gasteiger partial charge in [0, 0.05) is 6.61 Å². The maximum absolute atomic E-state index is 10.7. The molecule has 0 amide bonds. The Kier molecular flexibility index (Phi) is 7.18. The summed E-state index contributed by atoms with van der Waals surface area (Å²) >= 11 is 0. The molecule has 0 bridgehead atoms. The van der Waals surface area contributed by atoms with Crippen LogP contribution in [0.15, 0.2) is 5.16 Å². The molecule has 0 aliphatic carbocycles. The lowest BCUT2D eigenvalue weighted by Gasteiger charge is -2.24. The maximum Gasteiger partial charge on any atom is 0.228 e. The van der Waals surface area contributed by atoms with Crippen molar-refractivity contribution < 1.29 is 24.6 Å². The van der Waals surface area contributed by atoms with Gasteiger partial charge in [0.15, 0.2) is 6.29 Å². The Morgan fingerprint density at radius 3 is 2.56 bits per heavy atom. The van der Waals surface area contributed by atoms with Gasteiger partial charge in [-0.2, -0.15) is 0 Å². The number of aliphatic hydroxyl groups is 2. The Morgan fingerprint density at radius 1 is 1.56 bits per heavy atom. The predicted molar refractivity (Wildman–Crippen MR) is 55.3 cm³/mol. The van der Waals surface area contributed by atoms with E-state index in [-0.39, 0.29) is 12.6 Å². The molecule has 0 aliphatic rings. The number of ether oxygens (including phenoxy) is 1. The van der Waals surface area contributed by atoms with Crippen LogP contribution in [0.1, 0.15) is 6.92 Å². The van der Waals surface area contributed by atoms with Crippen molar-refractivity contribution in [3.63, 3.8) is 0 Å². The third-order valence-electron chi connectivity index (χ3n) is 1.66. The highest BCUT2D eigenvalue weighted by Crippen LogP contribution is 2.08. The minimum atomic E-state index is -1.26. The average molecular weight is 235 g/mol. The van der Waals surface area contributed by atoms with E-state index in [4.69, 9.17) is 21.3 Å². The van der Waals surface area contributed by atoms with E-state index < -0.39 is 24.9 Å². The number of hydrogen-bond donors (Lipinski definition) is 4. The average Bonchev–Trinajstić information content (AvgIpc) is 2.27. The summed E-state index contributed by atoms with van der Waals surface area (Å²) in [5, 5.41) is 21.3. The Bertz CT molecular complexity index is 232. The second-order valence-corrected chi connectivity index (χ2v) is 2.89. The first kappa shape index (κ1) is 14.6. The molecular formula is C8H17N3O5. The van der Waals surface area contributed by atoms with Gasteiger partial charge in [-0.15, -0.1) is 0 Å². The van der Waals surface area contributed by atoms with Crippen molar-refractivity contribution in [2.45, 2.75) is 25.2 Å². The Morgan fingerprint density at radius 2 is 2.19 bits per heavy atom. The Labute approximate surface area is 92.8 Å². The number of nitrogens with zero attached hydrogens (tertiary/aromatic N) is 1. The fourth-order valence-electron chi connectivity index (χ4n) is 1.01. The lowest BCUT2D eigenvalue weighted by atomic mass is 10.1. The first-order valence-corrected chi connectivity index (χ1v) is 4.67. The van der Waals surface area contributed by atoms with E-state index in [1.807, 2.05) is 0 Å². The third-order valence-corrected chi connectivity index (χ3v) is 1.66. The van der Waals surface area contributed by atoms with Gasteiger partial charge in [0.25, 0.3) is 0 Å². The molecule has 0 aromatic heterocycles. The summed E-state index contributed by atoms with van der Waals surface area (Å²) in [6.45, 7) is 1.33. The largest absolute Gasteiger partial charge is 0.394 e. The summed E-state index contributed by atoms with van der Waals surface area (Å²) in [5.74, 6) is -0.361. The molecule has 0 fully saturated rings. The molecule has 8 heteroatoms. The summed E-state index contributed by atoms with van der Waals surface area (Å²) in [5.41, 5.74) is 10.0. The van der Waals surface area contributed by atoms with E-state index in [1.165, 1.54) is 0 Å². The van der Waals surface area contributed by atoms with Gasteiger partial charge in [0.1, 0.15) is 12.2 Å². The molecule has 0 spiro atoms. The van der Waals surface area contributed by atoms with Crippen molar-refractivity contribution in [1.82, 2.24) is 0 Å². The van der Waals surface area contributed by atoms with Crippen molar-refractivity contribution in [3.05, 3.63) is 0 Å². The van der Waals surface area contributed by atoms with Crippen molar-refractivity contribution in [2.24, 2.45) is 16.6 Å². The summed E-state index contributed by atoms with van der Waals surface area (Å²) < 4.78 is 5.06. The first-order chi connectivity index (χ1) is 7.56. The monoisotopic (exact) mass is 235 g/mol. The number of carbonyl (C=O) groups excluding carboxylic acids is 1. The van der Waals surface area contributed by atoms with Crippen LogP contribution in [0, 0.1) is 0 Å². The molecule has 0 saturated heterocycles. The molecule has 8 nitrogen and oxygen atoms in total. The number of hydrogen-bond acceptors (Lipinski definition) is 6. The number of rotatable bonds is 8. The van der Waals surface area contributed by atoms with Crippen molar-refractivity contribution >= 4 is 12.2 Å². The highest BCUT2D eigenvalue weighted by molar-refractivity contribution is 5.75. The fraction of sp³-hybridized carbons (Fsp3) is 0.750. The second kappa shape index (κ2) is 7.85. The maximum atomic E-state index is 10.7. The third kappa shape index (κ3) is 4.91. The fourth-order valence-corrected chi connectivity index (χ4v) is 1.01. The lowest BCUT2D eigenvalue weighted by Crippen LogP contribution is -2.44. The van der Waals surface area contributed by atoms with E-state index >= 15 is 0 Å². The molecule has 94 valence electrons. The number of oxime groups is 1. The van der Waals surface area contributed by atoms with Gasteiger partial charge < -0.3 is 31.3 Å². The van der Waals surface area contributed by atoms with E-state index in [1.54, 1.807) is 6.92 Å². The van der Waals surface area contributed by atoms with Gasteiger partial charge >= 0.3 is 0 Å². The van der Waals surface area contributed by atoms with Gasteiger partial charge in [-0.05, 0) is 12.1 Å². The zero-order valence-electron chi connectivity index (χ0n) is 8.94. The number of aldehydes is 1. The topological polar surface area (TPSA) is 140 Å². The van der Waals surface area contributed by atoms with Crippen LogP contribution in [0.4, 0.5) is 0 Å². The Balaban J connectivity index is 4.56. The predicted octanol–water partition coefficient (Wildman–Crippen LogP) is -2.48. The second-order valence-electron chi connectivity index (χ2n) is 2.89. The number of nitrogens with two attached hydrogens (primary N) is 2. The zero-order chi connectivity index (χ0) is 12.6. The molecule has 0 unspecified atom stereocenters. The molecule has 16 heavy (non-hydrogen) atoms. The van der Waals surface area contributed by atoms with Crippen LogP contribution in [0.3, 0.4) is 0 Å². The summed E-state index contributed by atoms with van der Waals surface area (Å²) in [6.07, 6.45) is -3.10. The normalized spacial score (nSPS) is 15.9. The molecule has 0 aliphatic heterocycles. The highest BCUT2D eigenvalue weighted by Gasteiger charge is 2.30. The minimum Gasteiger partial charge on any atom is -0.394 e. The van der Waals surface area contributed by atoms with Crippen LogP contribution in [0.5, 0.6) is 0 Å². The molecular weight excluding hydrogens is 218 g/mol. The van der Waals surface area contributed by atoms with E-state index in [9.17, 15) is 9.90 Å². The van der Waals surface area contributed by atoms with E-state index in [0.29, 0.717) is 6.29 Å². The summed E-state index contributed by atoms with van der Waals surface area (Å²) in [7, 11) is 0. The van der Waals surface area contributed by atoms with Crippen LogP contribution in [0.25, 0.3) is 0 Å². The van der Waals surface area contributed by atoms with E-state index in [0.717, 1.165) is 0 Å². The smallest absolute Gasteiger partial charge is 0.228 e. The standard InChI is InChI=1S/C8H17N3O5/c1-2-15-7(5(14)3-12)6(4-13)16-11-8(9)10/h4-7,12,14H,2-3H2,1H3,(H4,9,10,11)/t5-,6+,7-/m1/s1. The summed E-state index contributed by atoms with van der Waals surface area (Å²) in [4.78, 5) is 15.4. The van der Waals surface area contributed by atoms with Gasteiger partial charge in [-0.25, -0.2) is 0 Å². The van der Waals surface area contributed by atoms with Crippen LogP contribution < -0.4 is 11.5 Å². The lowest BCUT2D eigenvalue weighted by molar-refractivity contribution is -0.146. The molecule has 0 aromatic carbocycles. The molecule has 0 aromatic rings. The van der Waals surface area contributed by atoms with Gasteiger partial charge in [0.2, 0.25) is 12.1 Å². The van der Waals surface area contributed by atoms with E-state index in [2.05, 4.69) is 9.99 Å².